The lowest BCUT2D eigenvalue weighted by Gasteiger charge is -2.40. The summed E-state index contributed by atoms with van der Waals surface area (Å²) in [6, 6.07) is 0. The van der Waals surface area contributed by atoms with Crippen LogP contribution in [0.25, 0.3) is 0 Å². The number of nitrogens with zero attached hydrogens (tertiary/aromatic N) is 1. The van der Waals surface area contributed by atoms with Gasteiger partial charge in [0, 0.05) is 30.6 Å². The third-order valence-electron chi connectivity index (χ3n) is 8.38. The molecule has 0 aromatic rings. The lowest BCUT2D eigenvalue weighted by Crippen LogP contribution is -2.48. The van der Waals surface area contributed by atoms with Gasteiger partial charge >= 0.3 is 12.1 Å². The van der Waals surface area contributed by atoms with E-state index in [1.54, 1.807) is 27.0 Å². The van der Waals surface area contributed by atoms with E-state index in [4.69, 9.17) is 9.47 Å². The van der Waals surface area contributed by atoms with E-state index in [0.29, 0.717) is 0 Å². The Morgan fingerprint density at radius 2 is 1.85 bits per heavy atom. The molecule has 1 fully saturated rings. The largest absolute Gasteiger partial charge is 0.462 e. The summed E-state index contributed by atoms with van der Waals surface area (Å²) in [5.41, 5.74) is 0.859. The smallest absolute Gasteiger partial charge is 0.407 e. The van der Waals surface area contributed by atoms with Gasteiger partial charge in [-0.3, -0.25) is 14.6 Å². The van der Waals surface area contributed by atoms with Crippen LogP contribution in [-0.2, 0) is 19.1 Å². The average molecular weight is 538 g/mol. The van der Waals surface area contributed by atoms with Crippen molar-refractivity contribution in [3.05, 3.63) is 47.9 Å². The summed E-state index contributed by atoms with van der Waals surface area (Å²) < 4.78 is 11.2. The molecule has 3 aliphatic carbocycles. The Morgan fingerprint density at radius 1 is 1.15 bits per heavy atom. The topological polar surface area (TPSA) is 106 Å². The first kappa shape index (κ1) is 28.8. The third kappa shape index (κ3) is 6.89. The maximum atomic E-state index is 13.7. The van der Waals surface area contributed by atoms with Crippen molar-refractivity contribution >= 4 is 24.2 Å². The molecule has 1 saturated carbocycles. The van der Waals surface area contributed by atoms with Crippen LogP contribution in [0.5, 0.6) is 0 Å². The Morgan fingerprint density at radius 3 is 2.46 bits per heavy atom. The Bertz CT molecular complexity index is 1140. The minimum Gasteiger partial charge on any atom is -0.462 e. The quantitative estimate of drug-likeness (QED) is 0.315. The normalized spacial score (nSPS) is 28.5. The molecular formula is C31H43N3O5. The van der Waals surface area contributed by atoms with Crippen LogP contribution in [0.15, 0.2) is 52.8 Å². The summed E-state index contributed by atoms with van der Waals surface area (Å²) >= 11 is 0. The SMILES string of the molecule is C[C@H]([C@H](C)OC(=O)C1(C)CC1)[C@H]1C=CC1C(CNC(=O)OC(C)(C)C)C(=O)NC1=C[C@H](C)C2C=NC=CC2=C1. The van der Waals surface area contributed by atoms with Crippen LogP contribution >= 0.6 is 0 Å². The molecule has 0 aromatic carbocycles. The molecule has 4 rings (SSSR count). The van der Waals surface area contributed by atoms with Crippen LogP contribution in [0.1, 0.15) is 61.3 Å². The molecule has 0 saturated heterocycles. The van der Waals surface area contributed by atoms with Gasteiger partial charge in [0.15, 0.2) is 0 Å². The number of alkyl carbamates (subject to hydrolysis) is 1. The fraction of sp³-hybridized carbons (Fsp3) is 0.613. The number of amides is 2. The Hall–Kier alpha value is -3.16. The lowest BCUT2D eigenvalue weighted by atomic mass is 9.67. The Labute approximate surface area is 232 Å². The summed E-state index contributed by atoms with van der Waals surface area (Å²) in [4.78, 5) is 43.0. The number of hydrogen-bond donors (Lipinski definition) is 2. The van der Waals surface area contributed by atoms with Gasteiger partial charge in [0.05, 0.1) is 11.3 Å². The van der Waals surface area contributed by atoms with Gasteiger partial charge in [0.1, 0.15) is 11.7 Å². The van der Waals surface area contributed by atoms with Crippen molar-refractivity contribution in [2.75, 3.05) is 6.54 Å². The summed E-state index contributed by atoms with van der Waals surface area (Å²) in [7, 11) is 0. The molecule has 7 atom stereocenters. The number of aliphatic imine (C=N–C) groups is 1. The minimum atomic E-state index is -0.643. The molecule has 4 aliphatic rings. The maximum Gasteiger partial charge on any atom is 0.407 e. The van der Waals surface area contributed by atoms with Gasteiger partial charge in [-0.1, -0.05) is 32.1 Å². The second-order valence-electron chi connectivity index (χ2n) is 12.8. The van der Waals surface area contributed by atoms with Gasteiger partial charge in [-0.2, -0.15) is 0 Å². The highest BCUT2D eigenvalue weighted by molar-refractivity contribution is 5.83. The zero-order valence-electron chi connectivity index (χ0n) is 24.2. The van der Waals surface area contributed by atoms with Crippen molar-refractivity contribution in [3.63, 3.8) is 0 Å². The number of esters is 1. The molecule has 0 bridgehead atoms. The molecule has 2 amide bonds. The number of ether oxygens (including phenoxy) is 2. The summed E-state index contributed by atoms with van der Waals surface area (Å²) in [5, 5.41) is 5.91. The van der Waals surface area contributed by atoms with Crippen LogP contribution in [0.2, 0.25) is 0 Å². The number of nitrogens with one attached hydrogen (secondary N) is 2. The molecule has 1 heterocycles. The van der Waals surface area contributed by atoms with Crippen LogP contribution < -0.4 is 10.6 Å². The van der Waals surface area contributed by atoms with Gasteiger partial charge in [-0.05, 0) is 88.9 Å². The van der Waals surface area contributed by atoms with Crippen LogP contribution in [-0.4, -0.2) is 42.4 Å². The van der Waals surface area contributed by atoms with Crippen molar-refractivity contribution in [1.82, 2.24) is 10.6 Å². The molecule has 0 radical (unpaired) electrons. The monoisotopic (exact) mass is 537 g/mol. The van der Waals surface area contributed by atoms with Gasteiger partial charge in [-0.15, -0.1) is 0 Å². The van der Waals surface area contributed by atoms with E-state index in [0.717, 1.165) is 24.1 Å². The van der Waals surface area contributed by atoms with E-state index in [9.17, 15) is 14.4 Å². The molecule has 3 unspecified atom stereocenters. The number of carbonyl (C=O) groups excluding carboxylic acids is 3. The Balaban J connectivity index is 1.46. The van der Waals surface area contributed by atoms with Crippen molar-refractivity contribution < 1.29 is 23.9 Å². The number of rotatable bonds is 9. The molecular weight excluding hydrogens is 494 g/mol. The van der Waals surface area contributed by atoms with Gasteiger partial charge in [0.2, 0.25) is 5.91 Å². The second-order valence-corrected chi connectivity index (χ2v) is 12.8. The highest BCUT2D eigenvalue weighted by Gasteiger charge is 2.48. The van der Waals surface area contributed by atoms with Gasteiger partial charge in [-0.25, -0.2) is 4.79 Å². The molecule has 39 heavy (non-hydrogen) atoms. The van der Waals surface area contributed by atoms with E-state index in [-0.39, 0.29) is 59.5 Å². The molecule has 2 N–H and O–H groups in total. The van der Waals surface area contributed by atoms with E-state index >= 15 is 0 Å². The standard InChI is InChI=1S/C31H43N3O5/c1-18-14-22(15-21-10-13-32-16-25(18)21)34-27(35)26(17-33-29(37)39-30(4,5)6)24-9-8-23(24)19(2)20(3)38-28(36)31(7)11-12-31/h8-10,13-16,18-20,23-26H,11-12,17H2,1-7H3,(H,33,37)(H,34,35)/t18-,19+,20-,23+,24?,25?,26?/m0/s1. The Kier molecular flexibility index (Phi) is 8.24. The lowest BCUT2D eigenvalue weighted by molar-refractivity contribution is -0.158. The summed E-state index contributed by atoms with van der Waals surface area (Å²) in [6.45, 7) is 13.5. The second kappa shape index (κ2) is 11.1. The molecule has 8 nitrogen and oxygen atoms in total. The first-order valence-corrected chi connectivity index (χ1v) is 14.1. The average Bonchev–Trinajstić information content (AvgIpc) is 3.58. The minimum absolute atomic E-state index is 0.00610. The predicted octanol–water partition coefficient (Wildman–Crippen LogP) is 5.09. The molecule has 0 aromatic heterocycles. The van der Waals surface area contributed by atoms with Gasteiger partial charge in [0.25, 0.3) is 0 Å². The van der Waals surface area contributed by atoms with Crippen molar-refractivity contribution in [1.29, 1.82) is 0 Å². The highest BCUT2D eigenvalue weighted by atomic mass is 16.6. The van der Waals surface area contributed by atoms with E-state index in [1.807, 2.05) is 44.4 Å². The van der Waals surface area contributed by atoms with Crippen LogP contribution in [0, 0.1) is 40.9 Å². The molecule has 212 valence electrons. The first-order chi connectivity index (χ1) is 18.3. The number of fused-ring (bicyclic) bond motifs is 1. The van der Waals surface area contributed by atoms with Crippen LogP contribution in [0.3, 0.4) is 0 Å². The van der Waals surface area contributed by atoms with Crippen molar-refractivity contribution in [2.45, 2.75) is 73.0 Å². The first-order valence-electron chi connectivity index (χ1n) is 14.1. The van der Waals surface area contributed by atoms with Crippen molar-refractivity contribution in [2.24, 2.45) is 45.9 Å². The molecule has 8 heteroatoms. The predicted molar refractivity (Wildman–Crippen MR) is 151 cm³/mol. The zero-order chi connectivity index (χ0) is 28.5. The molecule has 0 spiro atoms. The van der Waals surface area contributed by atoms with Crippen LogP contribution in [0.4, 0.5) is 4.79 Å². The number of hydrogen-bond acceptors (Lipinski definition) is 6. The fourth-order valence-corrected chi connectivity index (χ4v) is 5.31. The molecule has 1 aliphatic heterocycles. The van der Waals surface area contributed by atoms with E-state index in [2.05, 4.69) is 35.5 Å². The zero-order valence-corrected chi connectivity index (χ0v) is 24.2. The van der Waals surface area contributed by atoms with Gasteiger partial charge < -0.3 is 20.1 Å². The van der Waals surface area contributed by atoms with Crippen molar-refractivity contribution in [3.8, 4) is 0 Å². The van der Waals surface area contributed by atoms with E-state index < -0.39 is 17.6 Å². The van der Waals surface area contributed by atoms with E-state index in [1.165, 1.54) is 0 Å². The number of allylic oxidation sites excluding steroid dienone is 6. The maximum absolute atomic E-state index is 13.7. The fourth-order valence-electron chi connectivity index (χ4n) is 5.31. The third-order valence-corrected chi connectivity index (χ3v) is 8.38. The highest BCUT2D eigenvalue weighted by Crippen LogP contribution is 2.47. The number of carbonyl (C=O) groups is 3. The summed E-state index contributed by atoms with van der Waals surface area (Å²) in [6.07, 6.45) is 14.7. The summed E-state index contributed by atoms with van der Waals surface area (Å²) in [5.74, 6) is -0.563.